The fraction of sp³-hybridized carbons (Fsp3) is 0.222. The van der Waals surface area contributed by atoms with Crippen molar-refractivity contribution in [1.29, 1.82) is 5.26 Å². The Morgan fingerprint density at radius 1 is 1.34 bits per heavy atom. The highest BCUT2D eigenvalue weighted by molar-refractivity contribution is 7.18. The molecule has 0 spiro atoms. The van der Waals surface area contributed by atoms with Gasteiger partial charge in [0.15, 0.2) is 0 Å². The minimum Gasteiger partial charge on any atom is -0.424 e. The monoisotopic (exact) mass is 427 g/mol. The van der Waals surface area contributed by atoms with Gasteiger partial charge in [-0.3, -0.25) is 9.48 Å². The SMILES string of the molecule is Cn1cc(-c2cc(Cl)c3nc(Cc4nnc(CC(=O)NCC#N)o4)sc3c2)cn1. The Kier molecular flexibility index (Phi) is 5.24. The highest BCUT2D eigenvalue weighted by Crippen LogP contribution is 2.34. The quantitative estimate of drug-likeness (QED) is 0.469. The predicted octanol–water partition coefficient (Wildman–Crippen LogP) is 2.51. The topological polar surface area (TPSA) is 123 Å². The molecule has 0 atom stereocenters. The molecule has 0 aliphatic carbocycles. The van der Waals surface area contributed by atoms with Crippen LogP contribution < -0.4 is 5.32 Å². The molecule has 0 aliphatic heterocycles. The second-order valence-corrected chi connectivity index (χ2v) is 7.72. The number of carbonyl (C=O) groups is 1. The Balaban J connectivity index is 1.52. The zero-order valence-electron chi connectivity index (χ0n) is 15.2. The number of amides is 1. The average molecular weight is 428 g/mol. The van der Waals surface area contributed by atoms with Crippen molar-refractivity contribution in [3.63, 3.8) is 0 Å². The van der Waals surface area contributed by atoms with Crippen LogP contribution in [0.15, 0.2) is 28.9 Å². The Morgan fingerprint density at radius 2 is 2.17 bits per heavy atom. The molecule has 0 unspecified atom stereocenters. The molecular formula is C18H14ClN7O2S. The third kappa shape index (κ3) is 4.26. The number of fused-ring (bicyclic) bond motifs is 1. The molecule has 0 saturated carbocycles. The van der Waals surface area contributed by atoms with Crippen LogP contribution in [0.2, 0.25) is 5.02 Å². The first-order valence-corrected chi connectivity index (χ1v) is 9.74. The number of hydrogen-bond acceptors (Lipinski definition) is 8. The predicted molar refractivity (Wildman–Crippen MR) is 106 cm³/mol. The number of hydrogen-bond donors (Lipinski definition) is 1. The summed E-state index contributed by atoms with van der Waals surface area (Å²) in [5, 5.41) is 24.3. The van der Waals surface area contributed by atoms with Crippen molar-refractivity contribution >= 4 is 39.1 Å². The van der Waals surface area contributed by atoms with Crippen molar-refractivity contribution in [3.8, 4) is 17.2 Å². The van der Waals surface area contributed by atoms with E-state index in [2.05, 4.69) is 25.6 Å². The molecule has 4 rings (SSSR count). The van der Waals surface area contributed by atoms with Crippen molar-refractivity contribution in [1.82, 2.24) is 30.3 Å². The summed E-state index contributed by atoms with van der Waals surface area (Å²) in [5.41, 5.74) is 2.66. The molecule has 0 bridgehead atoms. The number of aromatic nitrogens is 5. The molecule has 1 N–H and O–H groups in total. The largest absolute Gasteiger partial charge is 0.424 e. The standard InChI is InChI=1S/C18H14ClN7O2S/c1-26-9-11(8-22-26)10-4-12(19)18-13(5-10)29-17(23-18)7-16-25-24-15(28-16)6-14(27)21-3-2-20/h4-5,8-9H,3,6-7H2,1H3,(H,21,27). The van der Waals surface area contributed by atoms with Gasteiger partial charge in [-0.15, -0.1) is 21.5 Å². The lowest BCUT2D eigenvalue weighted by Gasteiger charge is -1.99. The van der Waals surface area contributed by atoms with E-state index in [0.29, 0.717) is 17.3 Å². The number of rotatable bonds is 6. The zero-order valence-corrected chi connectivity index (χ0v) is 16.8. The summed E-state index contributed by atoms with van der Waals surface area (Å²) in [7, 11) is 1.86. The second-order valence-electron chi connectivity index (χ2n) is 6.19. The molecule has 4 aromatic rings. The van der Waals surface area contributed by atoms with E-state index in [0.717, 1.165) is 26.4 Å². The maximum Gasteiger partial charge on any atom is 0.230 e. The van der Waals surface area contributed by atoms with Gasteiger partial charge in [-0.2, -0.15) is 10.4 Å². The Hall–Kier alpha value is -3.29. The van der Waals surface area contributed by atoms with Crippen LogP contribution in [0.4, 0.5) is 0 Å². The number of aryl methyl sites for hydroxylation is 1. The molecule has 11 heteroatoms. The summed E-state index contributed by atoms with van der Waals surface area (Å²) >= 11 is 7.93. The van der Waals surface area contributed by atoms with Crippen molar-refractivity contribution in [2.45, 2.75) is 12.8 Å². The second kappa shape index (κ2) is 7.98. The van der Waals surface area contributed by atoms with E-state index in [-0.39, 0.29) is 24.8 Å². The summed E-state index contributed by atoms with van der Waals surface area (Å²) in [5.74, 6) is 0.195. The van der Waals surface area contributed by atoms with E-state index < -0.39 is 0 Å². The van der Waals surface area contributed by atoms with Crippen LogP contribution in [0.1, 0.15) is 16.8 Å². The molecule has 0 aliphatic rings. The van der Waals surface area contributed by atoms with Crippen molar-refractivity contribution < 1.29 is 9.21 Å². The van der Waals surface area contributed by atoms with Crippen LogP contribution in [-0.2, 0) is 24.7 Å². The van der Waals surface area contributed by atoms with Crippen LogP contribution >= 0.6 is 22.9 Å². The molecule has 1 aromatic carbocycles. The van der Waals surface area contributed by atoms with E-state index >= 15 is 0 Å². The summed E-state index contributed by atoms with van der Waals surface area (Å²) < 4.78 is 8.20. The van der Waals surface area contributed by atoms with Gasteiger partial charge in [0.1, 0.15) is 23.5 Å². The van der Waals surface area contributed by atoms with Crippen LogP contribution in [0, 0.1) is 11.3 Å². The number of nitrogens with one attached hydrogen (secondary N) is 1. The van der Waals surface area contributed by atoms with Gasteiger partial charge >= 0.3 is 0 Å². The lowest BCUT2D eigenvalue weighted by atomic mass is 10.1. The molecule has 1 amide bonds. The third-order valence-corrected chi connectivity index (χ3v) is 5.31. The molecule has 0 fully saturated rings. The third-order valence-electron chi connectivity index (χ3n) is 4.02. The van der Waals surface area contributed by atoms with Crippen molar-refractivity contribution in [3.05, 3.63) is 46.3 Å². The maximum atomic E-state index is 11.6. The van der Waals surface area contributed by atoms with Crippen molar-refractivity contribution in [2.75, 3.05) is 6.54 Å². The highest BCUT2D eigenvalue weighted by Gasteiger charge is 2.15. The first kappa shape index (κ1) is 19.0. The van der Waals surface area contributed by atoms with Gasteiger partial charge in [0.25, 0.3) is 0 Å². The maximum absolute atomic E-state index is 11.6. The van der Waals surface area contributed by atoms with Crippen LogP contribution in [-0.4, -0.2) is 37.4 Å². The smallest absolute Gasteiger partial charge is 0.230 e. The van der Waals surface area contributed by atoms with Gasteiger partial charge in [-0.1, -0.05) is 11.6 Å². The molecule has 0 radical (unpaired) electrons. The number of nitrogens with zero attached hydrogens (tertiary/aromatic N) is 6. The minimum atomic E-state index is -0.351. The molecule has 3 aromatic heterocycles. The molecule has 146 valence electrons. The van der Waals surface area contributed by atoms with Gasteiger partial charge in [0.05, 0.1) is 28.4 Å². The highest BCUT2D eigenvalue weighted by atomic mass is 35.5. The summed E-state index contributed by atoms with van der Waals surface area (Å²) in [6.45, 7) is -0.0622. The van der Waals surface area contributed by atoms with Crippen LogP contribution in [0.25, 0.3) is 21.3 Å². The molecule has 9 nitrogen and oxygen atoms in total. The molecule has 3 heterocycles. The Bertz CT molecular complexity index is 1240. The van der Waals surface area contributed by atoms with Gasteiger partial charge in [-0.25, -0.2) is 4.98 Å². The van der Waals surface area contributed by atoms with Gasteiger partial charge in [0, 0.05) is 18.8 Å². The number of carbonyl (C=O) groups excluding carboxylic acids is 1. The summed E-state index contributed by atoms with van der Waals surface area (Å²) in [4.78, 5) is 16.2. The fourth-order valence-corrected chi connectivity index (χ4v) is 4.09. The average Bonchev–Trinajstić information content (AvgIpc) is 3.40. The lowest BCUT2D eigenvalue weighted by Crippen LogP contribution is -2.25. The van der Waals surface area contributed by atoms with Crippen LogP contribution in [0.5, 0.6) is 0 Å². The Labute approximate surface area is 173 Å². The van der Waals surface area contributed by atoms with E-state index in [4.69, 9.17) is 21.3 Å². The number of thiazole rings is 1. The van der Waals surface area contributed by atoms with Gasteiger partial charge in [-0.05, 0) is 17.7 Å². The number of halogens is 1. The normalized spacial score (nSPS) is 10.9. The summed E-state index contributed by atoms with van der Waals surface area (Å²) in [6, 6.07) is 5.73. The lowest BCUT2D eigenvalue weighted by molar-refractivity contribution is -0.120. The Morgan fingerprint density at radius 3 is 2.93 bits per heavy atom. The molecular weight excluding hydrogens is 414 g/mol. The first-order valence-electron chi connectivity index (χ1n) is 8.54. The van der Waals surface area contributed by atoms with Crippen LogP contribution in [0.3, 0.4) is 0 Å². The zero-order chi connectivity index (χ0) is 20.4. The summed E-state index contributed by atoms with van der Waals surface area (Å²) in [6.07, 6.45) is 3.97. The molecule has 0 saturated heterocycles. The minimum absolute atomic E-state index is 0.0622. The first-order chi connectivity index (χ1) is 14.0. The number of benzene rings is 1. The fourth-order valence-electron chi connectivity index (χ4n) is 2.75. The van der Waals surface area contributed by atoms with Gasteiger partial charge < -0.3 is 9.73 Å². The van der Waals surface area contributed by atoms with Gasteiger partial charge in [0.2, 0.25) is 17.7 Å². The van der Waals surface area contributed by atoms with E-state index in [9.17, 15) is 4.79 Å². The molecule has 29 heavy (non-hydrogen) atoms. The van der Waals surface area contributed by atoms with E-state index in [1.54, 1.807) is 10.9 Å². The van der Waals surface area contributed by atoms with E-state index in [1.165, 1.54) is 11.3 Å². The number of nitriles is 1. The van der Waals surface area contributed by atoms with Crippen molar-refractivity contribution in [2.24, 2.45) is 7.05 Å². The van der Waals surface area contributed by atoms with E-state index in [1.807, 2.05) is 31.4 Å².